The van der Waals surface area contributed by atoms with Crippen LogP contribution in [0.5, 0.6) is 0 Å². The zero-order valence-corrected chi connectivity index (χ0v) is 12.3. The molecule has 1 saturated carbocycles. The van der Waals surface area contributed by atoms with Crippen LogP contribution in [0.2, 0.25) is 4.34 Å². The maximum absolute atomic E-state index is 5.95. The smallest absolute Gasteiger partial charge is 0.0931 e. The van der Waals surface area contributed by atoms with Crippen LogP contribution in [0.15, 0.2) is 11.4 Å². The first kappa shape index (κ1) is 13.3. The van der Waals surface area contributed by atoms with E-state index < -0.39 is 0 Å². The molecule has 4 heteroatoms. The molecule has 0 amide bonds. The highest BCUT2D eigenvalue weighted by Crippen LogP contribution is 2.27. The first-order valence-electron chi connectivity index (χ1n) is 6.27. The van der Waals surface area contributed by atoms with Crippen LogP contribution in [0, 0.1) is 0 Å². The summed E-state index contributed by atoms with van der Waals surface area (Å²) in [4.78, 5) is 2.49. The number of nitrogens with zero attached hydrogens (tertiary/aromatic N) is 1. The van der Waals surface area contributed by atoms with Gasteiger partial charge in [-0.15, -0.1) is 11.3 Å². The fourth-order valence-electron chi connectivity index (χ4n) is 2.00. The number of rotatable bonds is 6. The first-order valence-corrected chi connectivity index (χ1v) is 7.53. The molecule has 96 valence electrons. The van der Waals surface area contributed by atoms with Gasteiger partial charge in [0.05, 0.1) is 4.34 Å². The maximum Gasteiger partial charge on any atom is 0.0931 e. The summed E-state index contributed by atoms with van der Waals surface area (Å²) in [5, 5.41) is 5.72. The molecule has 0 radical (unpaired) electrons. The summed E-state index contributed by atoms with van der Waals surface area (Å²) in [6.45, 7) is 5.52. The average Bonchev–Trinajstić information content (AvgIpc) is 3.07. The lowest BCUT2D eigenvalue weighted by Crippen LogP contribution is -2.39. The fraction of sp³-hybridized carbons (Fsp3) is 0.692. The van der Waals surface area contributed by atoms with E-state index in [2.05, 4.69) is 42.6 Å². The van der Waals surface area contributed by atoms with Gasteiger partial charge in [-0.25, -0.2) is 0 Å². The lowest BCUT2D eigenvalue weighted by molar-refractivity contribution is 0.237. The van der Waals surface area contributed by atoms with E-state index >= 15 is 0 Å². The molecular weight excluding hydrogens is 252 g/mol. The zero-order valence-electron chi connectivity index (χ0n) is 10.7. The van der Waals surface area contributed by atoms with Crippen LogP contribution in [0.3, 0.4) is 0 Å². The molecule has 2 unspecified atom stereocenters. The quantitative estimate of drug-likeness (QED) is 0.852. The Balaban J connectivity index is 1.77. The Hall–Kier alpha value is -0.0900. The molecule has 1 heterocycles. The second-order valence-electron chi connectivity index (χ2n) is 5.06. The summed E-state index contributed by atoms with van der Waals surface area (Å²) in [7, 11) is 2.23. The first-order chi connectivity index (χ1) is 8.08. The molecule has 2 nitrogen and oxygen atoms in total. The van der Waals surface area contributed by atoms with Crippen molar-refractivity contribution in [1.29, 1.82) is 0 Å². The SMILES string of the molecule is CC(NCC(C)N(C)C1CC1)c1csc(Cl)c1. The second-order valence-corrected chi connectivity index (χ2v) is 6.60. The second kappa shape index (κ2) is 5.70. The highest BCUT2D eigenvalue weighted by atomic mass is 35.5. The van der Waals surface area contributed by atoms with Gasteiger partial charge in [-0.2, -0.15) is 0 Å². The molecule has 17 heavy (non-hydrogen) atoms. The summed E-state index contributed by atoms with van der Waals surface area (Å²) < 4.78 is 0.872. The molecule has 1 aromatic rings. The third-order valence-corrected chi connectivity index (χ3v) is 4.73. The average molecular weight is 273 g/mol. The van der Waals surface area contributed by atoms with E-state index in [-0.39, 0.29) is 0 Å². The molecule has 1 aliphatic carbocycles. The minimum absolute atomic E-state index is 0.383. The molecule has 0 spiro atoms. The van der Waals surface area contributed by atoms with Crippen molar-refractivity contribution >= 4 is 22.9 Å². The molecule has 1 N–H and O–H groups in total. The molecule has 2 atom stereocenters. The molecule has 1 aromatic heterocycles. The molecule has 1 aliphatic rings. The summed E-state index contributed by atoms with van der Waals surface area (Å²) in [6, 6.07) is 3.87. The van der Waals surface area contributed by atoms with Gasteiger partial charge in [-0.3, -0.25) is 4.90 Å². The Kier molecular flexibility index (Phi) is 4.47. The van der Waals surface area contributed by atoms with Crippen molar-refractivity contribution < 1.29 is 0 Å². The van der Waals surface area contributed by atoms with E-state index in [1.54, 1.807) is 11.3 Å². The van der Waals surface area contributed by atoms with Crippen molar-refractivity contribution in [3.63, 3.8) is 0 Å². The van der Waals surface area contributed by atoms with Gasteiger partial charge < -0.3 is 5.32 Å². The normalized spacial score (nSPS) is 19.6. The number of nitrogens with one attached hydrogen (secondary N) is 1. The topological polar surface area (TPSA) is 15.3 Å². The van der Waals surface area contributed by atoms with Crippen LogP contribution < -0.4 is 5.32 Å². The Morgan fingerprint density at radius 2 is 2.24 bits per heavy atom. The van der Waals surface area contributed by atoms with Crippen LogP contribution in [-0.4, -0.2) is 30.6 Å². The van der Waals surface area contributed by atoms with Crippen LogP contribution >= 0.6 is 22.9 Å². The van der Waals surface area contributed by atoms with E-state index in [9.17, 15) is 0 Å². The van der Waals surface area contributed by atoms with Gasteiger partial charge in [0, 0.05) is 24.7 Å². The molecule has 2 rings (SSSR count). The predicted octanol–water partition coefficient (Wildman–Crippen LogP) is 3.53. The molecule has 0 saturated heterocycles. The van der Waals surface area contributed by atoms with Gasteiger partial charge in [0.1, 0.15) is 0 Å². The zero-order chi connectivity index (χ0) is 12.4. The molecule has 1 fully saturated rings. The van der Waals surface area contributed by atoms with Crippen molar-refractivity contribution in [3.05, 3.63) is 21.3 Å². The summed E-state index contributed by atoms with van der Waals surface area (Å²) in [5.41, 5.74) is 1.29. The Morgan fingerprint density at radius 3 is 2.76 bits per heavy atom. The number of hydrogen-bond donors (Lipinski definition) is 1. The van der Waals surface area contributed by atoms with Gasteiger partial charge >= 0.3 is 0 Å². The van der Waals surface area contributed by atoms with Crippen molar-refractivity contribution in [2.45, 2.75) is 44.8 Å². The van der Waals surface area contributed by atoms with Gasteiger partial charge in [-0.05, 0) is 50.7 Å². The van der Waals surface area contributed by atoms with Crippen LogP contribution in [-0.2, 0) is 0 Å². The predicted molar refractivity (Wildman–Crippen MR) is 76.0 cm³/mol. The summed E-state index contributed by atoms with van der Waals surface area (Å²) in [6.07, 6.45) is 2.74. The van der Waals surface area contributed by atoms with Gasteiger partial charge in [-0.1, -0.05) is 11.6 Å². The largest absolute Gasteiger partial charge is 0.309 e. The number of likely N-dealkylation sites (N-methyl/N-ethyl adjacent to an activating group) is 1. The van der Waals surface area contributed by atoms with Crippen LogP contribution in [0.25, 0.3) is 0 Å². The maximum atomic E-state index is 5.95. The number of hydrogen-bond acceptors (Lipinski definition) is 3. The van der Waals surface area contributed by atoms with E-state index in [4.69, 9.17) is 11.6 Å². The Bertz CT molecular complexity index is 362. The summed E-state index contributed by atoms with van der Waals surface area (Å²) >= 11 is 7.55. The van der Waals surface area contributed by atoms with Crippen molar-refractivity contribution in [3.8, 4) is 0 Å². The van der Waals surface area contributed by atoms with E-state index in [0.717, 1.165) is 16.9 Å². The third kappa shape index (κ3) is 3.68. The lowest BCUT2D eigenvalue weighted by Gasteiger charge is -2.26. The number of thiophene rings is 1. The van der Waals surface area contributed by atoms with Crippen molar-refractivity contribution in [1.82, 2.24) is 10.2 Å². The molecule has 0 aromatic carbocycles. The van der Waals surface area contributed by atoms with E-state index in [1.165, 1.54) is 18.4 Å². The van der Waals surface area contributed by atoms with Gasteiger partial charge in [0.2, 0.25) is 0 Å². The lowest BCUT2D eigenvalue weighted by atomic mass is 10.1. The van der Waals surface area contributed by atoms with Crippen molar-refractivity contribution in [2.24, 2.45) is 0 Å². The highest BCUT2D eigenvalue weighted by molar-refractivity contribution is 7.14. The molecular formula is C13H21ClN2S. The summed E-state index contributed by atoms with van der Waals surface area (Å²) in [5.74, 6) is 0. The minimum atomic E-state index is 0.383. The highest BCUT2D eigenvalue weighted by Gasteiger charge is 2.29. The van der Waals surface area contributed by atoms with Crippen LogP contribution in [0.4, 0.5) is 0 Å². The number of halogens is 1. The fourth-order valence-corrected chi connectivity index (χ4v) is 2.99. The van der Waals surface area contributed by atoms with Crippen molar-refractivity contribution in [2.75, 3.05) is 13.6 Å². The standard InChI is InChI=1S/C13H21ClN2S/c1-9(16(3)12-4-5-12)7-15-10(2)11-6-13(14)17-8-11/h6,8-10,12,15H,4-5,7H2,1-3H3. The van der Waals surface area contributed by atoms with Gasteiger partial charge in [0.25, 0.3) is 0 Å². The van der Waals surface area contributed by atoms with Gasteiger partial charge in [0.15, 0.2) is 0 Å². The Labute approximate surface area is 113 Å². The Morgan fingerprint density at radius 1 is 1.53 bits per heavy atom. The van der Waals surface area contributed by atoms with E-state index in [0.29, 0.717) is 12.1 Å². The minimum Gasteiger partial charge on any atom is -0.309 e. The van der Waals surface area contributed by atoms with E-state index in [1.807, 2.05) is 0 Å². The van der Waals surface area contributed by atoms with Crippen LogP contribution in [0.1, 0.15) is 38.3 Å². The monoisotopic (exact) mass is 272 g/mol. The third-order valence-electron chi connectivity index (χ3n) is 3.63. The molecule has 0 aliphatic heterocycles. The molecule has 0 bridgehead atoms.